The van der Waals surface area contributed by atoms with Crippen LogP contribution in [0.2, 0.25) is 0 Å². The molecule has 0 saturated heterocycles. The molecule has 1 aromatic carbocycles. The van der Waals surface area contributed by atoms with Crippen LogP contribution in [0.5, 0.6) is 0 Å². The maximum atomic E-state index is 5.68. The molecule has 0 radical (unpaired) electrons. The summed E-state index contributed by atoms with van der Waals surface area (Å²) in [6.07, 6.45) is 1.83. The molecule has 4 heteroatoms. The number of aromatic nitrogens is 2. The van der Waals surface area contributed by atoms with Gasteiger partial charge < -0.3 is 10.3 Å². The van der Waals surface area contributed by atoms with Gasteiger partial charge in [0.2, 0.25) is 0 Å². The topological polar surface area (TPSA) is 43.8 Å². The van der Waals surface area contributed by atoms with Gasteiger partial charge in [-0.25, -0.2) is 4.98 Å². The van der Waals surface area contributed by atoms with Crippen molar-refractivity contribution >= 4 is 27.0 Å². The van der Waals surface area contributed by atoms with Crippen LogP contribution in [0.4, 0.5) is 0 Å². The minimum absolute atomic E-state index is 0.353. The van der Waals surface area contributed by atoms with E-state index in [-0.39, 0.29) is 0 Å². The zero-order chi connectivity index (χ0) is 11.0. The number of benzene rings is 1. The molecule has 0 fully saturated rings. The summed E-state index contributed by atoms with van der Waals surface area (Å²) in [6.45, 7) is 2.77. The summed E-state index contributed by atoms with van der Waals surface area (Å²) >= 11 is 3.58. The van der Waals surface area contributed by atoms with Gasteiger partial charge in [0.15, 0.2) is 0 Å². The van der Waals surface area contributed by atoms with Gasteiger partial charge in [0.25, 0.3) is 0 Å². The van der Waals surface area contributed by atoms with E-state index in [9.17, 15) is 0 Å². The number of nitrogens with two attached hydrogens (primary N) is 1. The molecule has 3 nitrogen and oxygen atoms in total. The maximum absolute atomic E-state index is 5.68. The molecule has 0 spiro atoms. The highest BCUT2D eigenvalue weighted by molar-refractivity contribution is 9.10. The molecular formula is C11H14BrN3. The molecule has 2 N–H and O–H groups in total. The Labute approximate surface area is 97.4 Å². The first-order valence-corrected chi connectivity index (χ1v) is 5.73. The first-order valence-electron chi connectivity index (χ1n) is 4.94. The molecule has 15 heavy (non-hydrogen) atoms. The average Bonchev–Trinajstić information content (AvgIpc) is 2.58. The summed E-state index contributed by atoms with van der Waals surface area (Å²) in [5.74, 6) is 0.353. The molecule has 0 bridgehead atoms. The van der Waals surface area contributed by atoms with Crippen LogP contribution in [0.3, 0.4) is 0 Å². The van der Waals surface area contributed by atoms with E-state index < -0.39 is 0 Å². The Kier molecular flexibility index (Phi) is 2.80. The smallest absolute Gasteiger partial charge is 0.0955 e. The molecule has 1 unspecified atom stereocenters. The van der Waals surface area contributed by atoms with Gasteiger partial charge >= 0.3 is 0 Å². The Morgan fingerprint density at radius 1 is 1.53 bits per heavy atom. The number of imidazole rings is 1. The van der Waals surface area contributed by atoms with Crippen molar-refractivity contribution in [2.24, 2.45) is 12.8 Å². The third-order valence-corrected chi connectivity index (χ3v) is 3.42. The van der Waals surface area contributed by atoms with Crippen molar-refractivity contribution in [1.29, 1.82) is 0 Å². The van der Waals surface area contributed by atoms with E-state index in [0.717, 1.165) is 15.5 Å². The van der Waals surface area contributed by atoms with Crippen molar-refractivity contribution in [3.8, 4) is 0 Å². The number of hydrogen-bond acceptors (Lipinski definition) is 2. The molecular weight excluding hydrogens is 254 g/mol. The number of aryl methyl sites for hydroxylation is 1. The second kappa shape index (κ2) is 3.94. The van der Waals surface area contributed by atoms with Crippen molar-refractivity contribution in [2.45, 2.75) is 12.8 Å². The lowest BCUT2D eigenvalue weighted by molar-refractivity contribution is 0.771. The minimum atomic E-state index is 0.353. The highest BCUT2D eigenvalue weighted by Crippen LogP contribution is 2.28. The van der Waals surface area contributed by atoms with Crippen LogP contribution in [0.15, 0.2) is 22.9 Å². The fourth-order valence-corrected chi connectivity index (χ4v) is 2.39. The Balaban J connectivity index is 2.63. The van der Waals surface area contributed by atoms with Crippen molar-refractivity contribution in [3.63, 3.8) is 0 Å². The molecule has 1 atom stereocenters. The van der Waals surface area contributed by atoms with Gasteiger partial charge in [-0.15, -0.1) is 0 Å². The Bertz CT molecular complexity index is 490. The van der Waals surface area contributed by atoms with E-state index in [4.69, 9.17) is 5.73 Å². The Morgan fingerprint density at radius 3 is 2.93 bits per heavy atom. The molecule has 1 aromatic heterocycles. The highest BCUT2D eigenvalue weighted by atomic mass is 79.9. The third-order valence-electron chi connectivity index (χ3n) is 2.73. The SMILES string of the molecule is CC(CN)c1cc2ncn(C)c2cc1Br. The summed E-state index contributed by atoms with van der Waals surface area (Å²) in [5, 5.41) is 0. The quantitative estimate of drug-likeness (QED) is 0.908. The first-order chi connectivity index (χ1) is 7.13. The van der Waals surface area contributed by atoms with E-state index in [0.29, 0.717) is 12.5 Å². The number of halogens is 1. The first kappa shape index (κ1) is 10.6. The highest BCUT2D eigenvalue weighted by Gasteiger charge is 2.11. The Hall–Kier alpha value is -0.870. The molecule has 2 aromatic rings. The van der Waals surface area contributed by atoms with Gasteiger partial charge in [-0.1, -0.05) is 22.9 Å². The van der Waals surface area contributed by atoms with Crippen LogP contribution >= 0.6 is 15.9 Å². The summed E-state index contributed by atoms with van der Waals surface area (Å²) in [7, 11) is 1.99. The monoisotopic (exact) mass is 267 g/mol. The van der Waals surface area contributed by atoms with Crippen molar-refractivity contribution in [3.05, 3.63) is 28.5 Å². The number of rotatable bonds is 2. The second-order valence-corrected chi connectivity index (χ2v) is 4.71. The van der Waals surface area contributed by atoms with Crippen LogP contribution in [0.25, 0.3) is 11.0 Å². The van der Waals surface area contributed by atoms with Crippen LogP contribution in [0.1, 0.15) is 18.4 Å². The maximum Gasteiger partial charge on any atom is 0.0955 e. The van der Waals surface area contributed by atoms with Crippen LogP contribution in [0, 0.1) is 0 Å². The van der Waals surface area contributed by atoms with Gasteiger partial charge in [-0.05, 0) is 30.2 Å². The second-order valence-electron chi connectivity index (χ2n) is 3.85. The summed E-state index contributed by atoms with van der Waals surface area (Å²) < 4.78 is 3.12. The molecule has 0 aliphatic rings. The van der Waals surface area contributed by atoms with Crippen molar-refractivity contribution in [1.82, 2.24) is 9.55 Å². The fraction of sp³-hybridized carbons (Fsp3) is 0.364. The van der Waals surface area contributed by atoms with Crippen molar-refractivity contribution < 1.29 is 0 Å². The third kappa shape index (κ3) is 1.79. The average molecular weight is 268 g/mol. The normalized spacial score (nSPS) is 13.3. The predicted octanol–water partition coefficient (Wildman–Crippen LogP) is 2.40. The minimum Gasteiger partial charge on any atom is -0.334 e. The van der Waals surface area contributed by atoms with E-state index in [2.05, 4.69) is 40.0 Å². The molecule has 0 aliphatic carbocycles. The standard InChI is InChI=1S/C11H14BrN3/c1-7(5-13)8-3-10-11(4-9(8)12)15(2)6-14-10/h3-4,6-7H,5,13H2,1-2H3. The zero-order valence-corrected chi connectivity index (χ0v) is 10.5. The Morgan fingerprint density at radius 2 is 2.27 bits per heavy atom. The van der Waals surface area contributed by atoms with E-state index in [1.165, 1.54) is 5.56 Å². The lowest BCUT2D eigenvalue weighted by atomic mass is 10.0. The summed E-state index contributed by atoms with van der Waals surface area (Å²) in [5.41, 5.74) is 9.06. The van der Waals surface area contributed by atoms with Gasteiger partial charge in [-0.3, -0.25) is 0 Å². The molecule has 80 valence electrons. The molecule has 2 rings (SSSR count). The van der Waals surface area contributed by atoms with Gasteiger partial charge in [0, 0.05) is 11.5 Å². The number of hydrogen-bond donors (Lipinski definition) is 1. The summed E-state index contributed by atoms with van der Waals surface area (Å²) in [6, 6.07) is 4.21. The van der Waals surface area contributed by atoms with Crippen LogP contribution in [-0.4, -0.2) is 16.1 Å². The number of fused-ring (bicyclic) bond motifs is 1. The molecule has 0 aliphatic heterocycles. The van der Waals surface area contributed by atoms with Gasteiger partial charge in [0.1, 0.15) is 0 Å². The lowest BCUT2D eigenvalue weighted by Gasteiger charge is -2.11. The van der Waals surface area contributed by atoms with E-state index in [1.807, 2.05) is 17.9 Å². The van der Waals surface area contributed by atoms with Crippen LogP contribution in [-0.2, 0) is 7.05 Å². The largest absolute Gasteiger partial charge is 0.334 e. The zero-order valence-electron chi connectivity index (χ0n) is 8.87. The van der Waals surface area contributed by atoms with Gasteiger partial charge in [-0.2, -0.15) is 0 Å². The predicted molar refractivity (Wildman–Crippen MR) is 65.9 cm³/mol. The fourth-order valence-electron chi connectivity index (χ4n) is 1.67. The van der Waals surface area contributed by atoms with Crippen LogP contribution < -0.4 is 5.73 Å². The molecule has 1 heterocycles. The molecule has 0 amide bonds. The van der Waals surface area contributed by atoms with E-state index in [1.54, 1.807) is 0 Å². The van der Waals surface area contributed by atoms with Crippen molar-refractivity contribution in [2.75, 3.05) is 6.54 Å². The lowest BCUT2D eigenvalue weighted by Crippen LogP contribution is -2.09. The van der Waals surface area contributed by atoms with E-state index >= 15 is 0 Å². The van der Waals surface area contributed by atoms with Gasteiger partial charge in [0.05, 0.1) is 17.4 Å². The summed E-state index contributed by atoms with van der Waals surface area (Å²) in [4.78, 5) is 4.34. The number of nitrogens with zero attached hydrogens (tertiary/aromatic N) is 2. The molecule has 0 saturated carbocycles.